The number of nitrogens with zero attached hydrogens (tertiary/aromatic N) is 2. The predicted octanol–water partition coefficient (Wildman–Crippen LogP) is -1.23. The average Bonchev–Trinajstić information content (AvgIpc) is 2.31. The molecule has 3 heteroatoms. The van der Waals surface area contributed by atoms with Gasteiger partial charge in [0.15, 0.2) is 6.20 Å². The number of pyridine rings is 1. The Bertz CT molecular complexity index is 455. The molecule has 0 fully saturated rings. The Balaban J connectivity index is 0.00000144. The van der Waals surface area contributed by atoms with Gasteiger partial charge in [-0.05, 0) is 11.6 Å². The third-order valence-electron chi connectivity index (χ3n) is 2.58. The van der Waals surface area contributed by atoms with Crippen molar-refractivity contribution in [1.82, 2.24) is 0 Å². The highest BCUT2D eigenvalue weighted by molar-refractivity contribution is 5.19. The number of aromatic nitrogens is 1. The second-order valence-electron chi connectivity index (χ2n) is 4.05. The number of hydrogen-bond acceptors (Lipinski definition) is 1. The van der Waals surface area contributed by atoms with Crippen LogP contribution in [0.2, 0.25) is 0 Å². The van der Waals surface area contributed by atoms with Crippen LogP contribution in [0.3, 0.4) is 0 Å². The van der Waals surface area contributed by atoms with Crippen LogP contribution in [0, 0.1) is 0 Å². The standard InChI is InChI=1S/C14H17N2.ClH/c1-15(2)16-11-7-6-10-14(16)12-13-8-4-3-5-9-13;/h3-11H,12H2,1-2H3;1H/q+1;/p-1. The maximum Gasteiger partial charge on any atom is 0.216 e. The molecule has 1 heterocycles. The summed E-state index contributed by atoms with van der Waals surface area (Å²) in [4.78, 5) is 0. The van der Waals surface area contributed by atoms with E-state index in [2.05, 4.69) is 78.5 Å². The highest BCUT2D eigenvalue weighted by Gasteiger charge is 2.11. The lowest BCUT2D eigenvalue weighted by atomic mass is 10.1. The maximum atomic E-state index is 2.16. The van der Waals surface area contributed by atoms with E-state index in [4.69, 9.17) is 0 Å². The van der Waals surface area contributed by atoms with E-state index in [1.54, 1.807) is 0 Å². The molecule has 0 atom stereocenters. The largest absolute Gasteiger partial charge is 1.00 e. The van der Waals surface area contributed by atoms with E-state index in [1.807, 2.05) is 0 Å². The first-order valence-electron chi connectivity index (χ1n) is 5.48. The monoisotopic (exact) mass is 248 g/mol. The molecule has 0 radical (unpaired) electrons. The third-order valence-corrected chi connectivity index (χ3v) is 2.58. The fourth-order valence-electron chi connectivity index (χ4n) is 1.81. The summed E-state index contributed by atoms with van der Waals surface area (Å²) in [6.07, 6.45) is 3.04. The van der Waals surface area contributed by atoms with E-state index in [9.17, 15) is 0 Å². The minimum absolute atomic E-state index is 0. The van der Waals surface area contributed by atoms with Crippen LogP contribution in [0.25, 0.3) is 0 Å². The second-order valence-corrected chi connectivity index (χ2v) is 4.05. The van der Waals surface area contributed by atoms with Crippen LogP contribution in [0.5, 0.6) is 0 Å². The van der Waals surface area contributed by atoms with Crippen LogP contribution in [0.15, 0.2) is 54.7 Å². The normalized spacial score (nSPS) is 9.53. The lowest BCUT2D eigenvalue weighted by Crippen LogP contribution is -3.00. The predicted molar refractivity (Wildman–Crippen MR) is 66.0 cm³/mol. The van der Waals surface area contributed by atoms with Gasteiger partial charge in [0, 0.05) is 12.1 Å². The summed E-state index contributed by atoms with van der Waals surface area (Å²) in [5.74, 6) is 0. The van der Waals surface area contributed by atoms with Crippen molar-refractivity contribution in [3.8, 4) is 0 Å². The third kappa shape index (κ3) is 3.46. The summed E-state index contributed by atoms with van der Waals surface area (Å²) < 4.78 is 2.16. The molecule has 90 valence electrons. The molecule has 0 bridgehead atoms. The minimum atomic E-state index is 0. The van der Waals surface area contributed by atoms with E-state index >= 15 is 0 Å². The van der Waals surface area contributed by atoms with Crippen molar-refractivity contribution in [3.63, 3.8) is 0 Å². The molecule has 0 aliphatic rings. The first kappa shape index (κ1) is 13.5. The Morgan fingerprint density at radius 2 is 1.59 bits per heavy atom. The number of hydrogen-bond donors (Lipinski definition) is 0. The molecule has 0 saturated heterocycles. The fraction of sp³-hybridized carbons (Fsp3) is 0.214. The molecular formula is C14H17ClN2. The van der Waals surface area contributed by atoms with Gasteiger partial charge in [0.05, 0.1) is 20.5 Å². The first-order valence-corrected chi connectivity index (χ1v) is 5.48. The summed E-state index contributed by atoms with van der Waals surface area (Å²) in [7, 11) is 4.10. The quantitative estimate of drug-likeness (QED) is 0.617. The Hall–Kier alpha value is -1.54. The van der Waals surface area contributed by atoms with E-state index in [0.29, 0.717) is 0 Å². The van der Waals surface area contributed by atoms with Crippen molar-refractivity contribution < 1.29 is 17.1 Å². The highest BCUT2D eigenvalue weighted by Crippen LogP contribution is 2.04. The fourth-order valence-corrected chi connectivity index (χ4v) is 1.81. The molecule has 1 aromatic carbocycles. The molecule has 2 rings (SSSR count). The topological polar surface area (TPSA) is 7.12 Å². The van der Waals surface area contributed by atoms with Crippen LogP contribution in [-0.4, -0.2) is 14.1 Å². The molecular weight excluding hydrogens is 232 g/mol. The smallest absolute Gasteiger partial charge is 0.216 e. The Morgan fingerprint density at radius 3 is 2.24 bits per heavy atom. The SMILES string of the molecule is CN(C)[n+]1ccccc1Cc1ccccc1.[Cl-]. The van der Waals surface area contributed by atoms with Gasteiger partial charge < -0.3 is 12.4 Å². The van der Waals surface area contributed by atoms with Gasteiger partial charge in [-0.1, -0.05) is 35.0 Å². The molecule has 2 nitrogen and oxygen atoms in total. The second kappa shape index (κ2) is 6.26. The lowest BCUT2D eigenvalue weighted by molar-refractivity contribution is -0.694. The molecule has 0 N–H and O–H groups in total. The summed E-state index contributed by atoms with van der Waals surface area (Å²) in [6, 6.07) is 16.8. The molecule has 0 unspecified atom stereocenters. The van der Waals surface area contributed by atoms with Gasteiger partial charge in [0.2, 0.25) is 5.69 Å². The van der Waals surface area contributed by atoms with E-state index in [1.165, 1.54) is 11.3 Å². The Kier molecular flexibility index (Phi) is 4.98. The molecule has 0 aliphatic heterocycles. The van der Waals surface area contributed by atoms with Crippen LogP contribution >= 0.6 is 0 Å². The van der Waals surface area contributed by atoms with Crippen molar-refractivity contribution in [2.24, 2.45) is 0 Å². The van der Waals surface area contributed by atoms with Crippen LogP contribution in [0.4, 0.5) is 0 Å². The maximum absolute atomic E-state index is 2.16. The van der Waals surface area contributed by atoms with Crippen LogP contribution in [0.1, 0.15) is 11.3 Å². The number of benzene rings is 1. The van der Waals surface area contributed by atoms with Gasteiger partial charge in [0.1, 0.15) is 0 Å². The van der Waals surface area contributed by atoms with E-state index in [-0.39, 0.29) is 12.4 Å². The molecule has 17 heavy (non-hydrogen) atoms. The Morgan fingerprint density at radius 1 is 0.941 bits per heavy atom. The molecule has 0 saturated carbocycles. The summed E-state index contributed by atoms with van der Waals surface area (Å²) in [5.41, 5.74) is 2.63. The van der Waals surface area contributed by atoms with Gasteiger partial charge in [-0.15, -0.1) is 0 Å². The Labute approximate surface area is 109 Å². The van der Waals surface area contributed by atoms with Crippen molar-refractivity contribution in [1.29, 1.82) is 0 Å². The highest BCUT2D eigenvalue weighted by atomic mass is 35.5. The van der Waals surface area contributed by atoms with Crippen LogP contribution in [-0.2, 0) is 6.42 Å². The zero-order valence-electron chi connectivity index (χ0n) is 10.2. The van der Waals surface area contributed by atoms with Crippen molar-refractivity contribution in [3.05, 3.63) is 66.0 Å². The van der Waals surface area contributed by atoms with Crippen LogP contribution < -0.4 is 22.1 Å². The van der Waals surface area contributed by atoms with Crippen molar-refractivity contribution >= 4 is 0 Å². The summed E-state index contributed by atoms with van der Waals surface area (Å²) in [5, 5.41) is 2.08. The lowest BCUT2D eigenvalue weighted by Gasteiger charge is -2.09. The van der Waals surface area contributed by atoms with Gasteiger partial charge in [-0.25, -0.2) is 0 Å². The number of rotatable bonds is 3. The molecule has 0 spiro atoms. The van der Waals surface area contributed by atoms with Gasteiger partial charge in [0.25, 0.3) is 0 Å². The molecule has 0 aliphatic carbocycles. The molecule has 2 aromatic rings. The summed E-state index contributed by atoms with van der Waals surface area (Å²) >= 11 is 0. The van der Waals surface area contributed by atoms with Crippen molar-refractivity contribution in [2.45, 2.75) is 6.42 Å². The van der Waals surface area contributed by atoms with Crippen molar-refractivity contribution in [2.75, 3.05) is 19.1 Å². The van der Waals surface area contributed by atoms with E-state index < -0.39 is 0 Å². The van der Waals surface area contributed by atoms with Gasteiger partial charge in [-0.2, -0.15) is 5.01 Å². The first-order chi connectivity index (χ1) is 7.77. The zero-order chi connectivity index (χ0) is 11.4. The van der Waals surface area contributed by atoms with Gasteiger partial charge in [-0.3, -0.25) is 0 Å². The van der Waals surface area contributed by atoms with E-state index in [0.717, 1.165) is 6.42 Å². The number of halogens is 1. The minimum Gasteiger partial charge on any atom is -1.00 e. The summed E-state index contributed by atoms with van der Waals surface area (Å²) in [6.45, 7) is 0. The molecule has 1 aromatic heterocycles. The zero-order valence-corrected chi connectivity index (χ0v) is 10.9. The van der Waals surface area contributed by atoms with Gasteiger partial charge >= 0.3 is 0 Å². The average molecular weight is 249 g/mol. The molecule has 0 amide bonds.